The highest BCUT2D eigenvalue weighted by molar-refractivity contribution is 5.99. The van der Waals surface area contributed by atoms with Gasteiger partial charge in [0.05, 0.1) is 6.61 Å². The molecule has 0 aromatic heterocycles. The van der Waals surface area contributed by atoms with Crippen LogP contribution in [0, 0.1) is 0 Å². The third-order valence-electron chi connectivity index (χ3n) is 3.06. The van der Waals surface area contributed by atoms with Gasteiger partial charge < -0.3 is 20.5 Å². The summed E-state index contributed by atoms with van der Waals surface area (Å²) in [6.07, 6.45) is 0. The Balaban J connectivity index is 1.75. The van der Waals surface area contributed by atoms with Gasteiger partial charge in [0.15, 0.2) is 0 Å². The lowest BCUT2D eigenvalue weighted by molar-refractivity contribution is 0.340. The van der Waals surface area contributed by atoms with Crippen molar-refractivity contribution in [2.75, 3.05) is 24.3 Å². The quantitative estimate of drug-likeness (QED) is 0.849. The first-order valence-electron chi connectivity index (χ1n) is 6.84. The van der Waals surface area contributed by atoms with Crippen LogP contribution in [0.1, 0.15) is 6.92 Å². The number of amidine groups is 1. The summed E-state index contributed by atoms with van der Waals surface area (Å²) in [5.74, 6) is 2.33. The zero-order chi connectivity index (χ0) is 14.7. The fraction of sp³-hybridized carbons (Fsp3) is 0.188. The van der Waals surface area contributed by atoms with E-state index in [9.17, 15) is 0 Å². The van der Waals surface area contributed by atoms with Crippen LogP contribution in [0.25, 0.3) is 0 Å². The Hall–Kier alpha value is -2.69. The number of fused-ring (bicyclic) bond motifs is 1. The Morgan fingerprint density at radius 3 is 2.81 bits per heavy atom. The molecule has 0 atom stereocenters. The average molecular weight is 283 g/mol. The first-order chi connectivity index (χ1) is 10.2. The number of nitrogens with two attached hydrogens (primary N) is 1. The summed E-state index contributed by atoms with van der Waals surface area (Å²) < 4.78 is 11.1. The summed E-state index contributed by atoms with van der Waals surface area (Å²) in [4.78, 5) is 4.53. The molecule has 2 aromatic rings. The van der Waals surface area contributed by atoms with E-state index in [0.717, 1.165) is 23.0 Å². The van der Waals surface area contributed by atoms with E-state index in [1.807, 2.05) is 43.3 Å². The number of nitrogens with zero attached hydrogens (tertiary/aromatic N) is 1. The Morgan fingerprint density at radius 2 is 2.05 bits per heavy atom. The van der Waals surface area contributed by atoms with Crippen molar-refractivity contribution in [3.8, 4) is 11.5 Å². The molecule has 2 aromatic carbocycles. The summed E-state index contributed by atoms with van der Waals surface area (Å²) in [6, 6.07) is 13.2. The summed E-state index contributed by atoms with van der Waals surface area (Å²) >= 11 is 0. The van der Waals surface area contributed by atoms with Crippen LogP contribution in [-0.4, -0.2) is 19.0 Å². The van der Waals surface area contributed by atoms with Crippen molar-refractivity contribution in [3.05, 3.63) is 42.5 Å². The molecule has 0 unspecified atom stereocenters. The van der Waals surface area contributed by atoms with Crippen LogP contribution < -0.4 is 20.5 Å². The lowest BCUT2D eigenvalue weighted by Gasteiger charge is -2.18. The van der Waals surface area contributed by atoms with Crippen LogP contribution in [0.2, 0.25) is 0 Å². The number of nitrogens with one attached hydrogen (secondary N) is 1. The molecule has 5 heteroatoms. The van der Waals surface area contributed by atoms with Crippen LogP contribution in [0.15, 0.2) is 47.5 Å². The summed E-state index contributed by atoms with van der Waals surface area (Å²) in [5, 5.41) is 3.24. The van der Waals surface area contributed by atoms with Gasteiger partial charge in [0.2, 0.25) is 0 Å². The summed E-state index contributed by atoms with van der Waals surface area (Å²) in [6.45, 7) is 3.02. The van der Waals surface area contributed by atoms with Crippen LogP contribution >= 0.6 is 0 Å². The largest absolute Gasteiger partial charge is 0.494 e. The normalized spacial score (nSPS) is 12.9. The first kappa shape index (κ1) is 13.3. The van der Waals surface area contributed by atoms with E-state index in [1.54, 1.807) is 6.07 Å². The van der Waals surface area contributed by atoms with E-state index in [2.05, 4.69) is 10.3 Å². The summed E-state index contributed by atoms with van der Waals surface area (Å²) in [5.41, 5.74) is 8.12. The Kier molecular flexibility index (Phi) is 3.64. The van der Waals surface area contributed by atoms with Gasteiger partial charge in [-0.1, -0.05) is 0 Å². The van der Waals surface area contributed by atoms with Gasteiger partial charge >= 0.3 is 0 Å². The minimum Gasteiger partial charge on any atom is -0.494 e. The van der Waals surface area contributed by atoms with Gasteiger partial charge in [0, 0.05) is 17.4 Å². The molecule has 1 aliphatic rings. The molecule has 3 rings (SSSR count). The lowest BCUT2D eigenvalue weighted by atomic mass is 10.2. The predicted molar refractivity (Wildman–Crippen MR) is 84.7 cm³/mol. The van der Waals surface area contributed by atoms with Gasteiger partial charge in [-0.05, 0) is 43.3 Å². The lowest BCUT2D eigenvalue weighted by Crippen LogP contribution is -2.23. The number of benzene rings is 2. The van der Waals surface area contributed by atoms with Gasteiger partial charge in [-0.2, -0.15) is 0 Å². The first-order valence-corrected chi connectivity index (χ1v) is 6.84. The fourth-order valence-corrected chi connectivity index (χ4v) is 2.09. The van der Waals surface area contributed by atoms with E-state index in [0.29, 0.717) is 24.7 Å². The second kappa shape index (κ2) is 5.75. The summed E-state index contributed by atoms with van der Waals surface area (Å²) in [7, 11) is 0. The van der Waals surface area contributed by atoms with E-state index in [1.165, 1.54) is 0 Å². The van der Waals surface area contributed by atoms with E-state index >= 15 is 0 Å². The smallest absolute Gasteiger partial charge is 0.147 e. The zero-order valence-corrected chi connectivity index (χ0v) is 11.8. The van der Waals surface area contributed by atoms with Crippen molar-refractivity contribution in [2.24, 2.45) is 4.99 Å². The van der Waals surface area contributed by atoms with Gasteiger partial charge in [-0.3, -0.25) is 0 Å². The van der Waals surface area contributed by atoms with Gasteiger partial charge in [-0.25, -0.2) is 4.99 Å². The number of aliphatic imine (C=N–C) groups is 1. The minimum atomic E-state index is 0.393. The van der Waals surface area contributed by atoms with Crippen molar-refractivity contribution in [1.29, 1.82) is 0 Å². The molecule has 0 saturated heterocycles. The Bertz CT molecular complexity index is 666. The predicted octanol–water partition coefficient (Wildman–Crippen LogP) is 3.20. The third-order valence-corrected chi connectivity index (χ3v) is 3.06. The number of hydrogen-bond donors (Lipinski definition) is 2. The number of nitrogen functional groups attached to an aromatic ring is 1. The molecule has 21 heavy (non-hydrogen) atoms. The van der Waals surface area contributed by atoms with Crippen molar-refractivity contribution in [2.45, 2.75) is 6.92 Å². The minimum absolute atomic E-state index is 0.393. The average Bonchev–Trinajstić information content (AvgIpc) is 2.50. The third kappa shape index (κ3) is 3.08. The molecule has 1 heterocycles. The van der Waals surface area contributed by atoms with Crippen LogP contribution in [0.4, 0.5) is 17.1 Å². The highest BCUT2D eigenvalue weighted by atomic mass is 16.5. The Labute approximate surface area is 123 Å². The fourth-order valence-electron chi connectivity index (χ4n) is 2.09. The molecule has 0 fully saturated rings. The number of ether oxygens (including phenoxy) is 2. The molecule has 0 saturated carbocycles. The number of anilines is 2. The van der Waals surface area contributed by atoms with Crippen molar-refractivity contribution < 1.29 is 9.47 Å². The number of rotatable bonds is 3. The molecule has 108 valence electrons. The molecule has 0 bridgehead atoms. The maximum absolute atomic E-state index is 5.72. The number of hydrogen-bond acceptors (Lipinski definition) is 5. The molecule has 1 aliphatic heterocycles. The maximum Gasteiger partial charge on any atom is 0.147 e. The van der Waals surface area contributed by atoms with Crippen molar-refractivity contribution in [1.82, 2.24) is 0 Å². The highest BCUT2D eigenvalue weighted by Gasteiger charge is 2.13. The molecular formula is C16H17N3O2. The van der Waals surface area contributed by atoms with Crippen LogP contribution in [0.5, 0.6) is 11.5 Å². The molecular weight excluding hydrogens is 266 g/mol. The van der Waals surface area contributed by atoms with Crippen LogP contribution in [0.3, 0.4) is 0 Å². The molecule has 3 N–H and O–H groups in total. The highest BCUT2D eigenvalue weighted by Crippen LogP contribution is 2.32. The van der Waals surface area contributed by atoms with Crippen molar-refractivity contribution >= 4 is 22.9 Å². The maximum atomic E-state index is 5.72. The molecule has 0 spiro atoms. The monoisotopic (exact) mass is 283 g/mol. The van der Waals surface area contributed by atoms with E-state index in [4.69, 9.17) is 15.2 Å². The van der Waals surface area contributed by atoms with Crippen LogP contribution in [-0.2, 0) is 0 Å². The van der Waals surface area contributed by atoms with Gasteiger partial charge in [0.25, 0.3) is 0 Å². The molecule has 0 amide bonds. The topological polar surface area (TPSA) is 68.9 Å². The van der Waals surface area contributed by atoms with Gasteiger partial charge in [0.1, 0.15) is 29.6 Å². The van der Waals surface area contributed by atoms with Crippen molar-refractivity contribution in [3.63, 3.8) is 0 Å². The van der Waals surface area contributed by atoms with E-state index in [-0.39, 0.29) is 0 Å². The molecule has 5 nitrogen and oxygen atoms in total. The standard InChI is InChI=1S/C16H17N3O2/c1-2-20-13-6-4-12(5-7-13)18-16-10-21-15-9-11(17)3-8-14(15)19-16/h3-9H,2,10,17H2,1H3,(H,18,19). The van der Waals surface area contributed by atoms with Gasteiger partial charge in [-0.15, -0.1) is 0 Å². The van der Waals surface area contributed by atoms with E-state index < -0.39 is 0 Å². The second-order valence-corrected chi connectivity index (χ2v) is 4.66. The Morgan fingerprint density at radius 1 is 1.24 bits per heavy atom. The second-order valence-electron chi connectivity index (χ2n) is 4.66. The SMILES string of the molecule is CCOc1ccc(NC2=Nc3ccc(N)cc3OC2)cc1. The zero-order valence-electron chi connectivity index (χ0n) is 11.8. The molecule has 0 radical (unpaired) electrons. The molecule has 0 aliphatic carbocycles.